The van der Waals surface area contributed by atoms with E-state index >= 15 is 0 Å². The van der Waals surface area contributed by atoms with Gasteiger partial charge in [-0.1, -0.05) is 16.9 Å². The average Bonchev–Trinajstić information content (AvgIpc) is 3.46. The first-order valence-electron chi connectivity index (χ1n) is 8.35. The van der Waals surface area contributed by atoms with Crippen LogP contribution in [0.15, 0.2) is 56.8 Å². The lowest BCUT2D eigenvalue weighted by Crippen LogP contribution is -1.99. The van der Waals surface area contributed by atoms with Gasteiger partial charge in [0.2, 0.25) is 0 Å². The molecule has 3 heterocycles. The van der Waals surface area contributed by atoms with E-state index in [9.17, 15) is 0 Å². The third kappa shape index (κ3) is 3.59. The van der Waals surface area contributed by atoms with Crippen LogP contribution in [-0.2, 0) is 12.3 Å². The molecule has 9 heteroatoms. The predicted molar refractivity (Wildman–Crippen MR) is 99.2 cm³/mol. The van der Waals surface area contributed by atoms with Gasteiger partial charge >= 0.3 is 0 Å². The summed E-state index contributed by atoms with van der Waals surface area (Å²) in [5.41, 5.74) is 0.844. The summed E-state index contributed by atoms with van der Waals surface area (Å²) in [6.45, 7) is 2.77. The molecule has 0 aliphatic rings. The number of hydrogen-bond donors (Lipinski definition) is 0. The van der Waals surface area contributed by atoms with E-state index in [0.717, 1.165) is 23.0 Å². The summed E-state index contributed by atoms with van der Waals surface area (Å²) >= 11 is 1.50. The molecule has 0 amide bonds. The summed E-state index contributed by atoms with van der Waals surface area (Å²) in [4.78, 5) is 4.45. The highest BCUT2D eigenvalue weighted by Gasteiger charge is 2.16. The number of methoxy groups -OCH3 is 1. The maximum Gasteiger partial charge on any atom is 0.257 e. The zero-order valence-corrected chi connectivity index (χ0v) is 15.6. The molecule has 3 aromatic heterocycles. The molecule has 0 spiro atoms. The van der Waals surface area contributed by atoms with E-state index in [4.69, 9.17) is 13.7 Å². The third-order valence-electron chi connectivity index (χ3n) is 3.91. The summed E-state index contributed by atoms with van der Waals surface area (Å²) in [5.74, 6) is 3.77. The van der Waals surface area contributed by atoms with Crippen molar-refractivity contribution in [1.29, 1.82) is 0 Å². The summed E-state index contributed by atoms with van der Waals surface area (Å²) in [6, 6.07) is 11.2. The molecule has 0 N–H and O–H groups in total. The van der Waals surface area contributed by atoms with Gasteiger partial charge in [-0.3, -0.25) is 4.57 Å². The van der Waals surface area contributed by atoms with Crippen molar-refractivity contribution in [3.63, 3.8) is 0 Å². The summed E-state index contributed by atoms with van der Waals surface area (Å²) < 4.78 is 17.9. The molecule has 0 saturated carbocycles. The lowest BCUT2D eigenvalue weighted by molar-refractivity contribution is 0.414. The van der Waals surface area contributed by atoms with Crippen LogP contribution in [0.4, 0.5) is 0 Å². The van der Waals surface area contributed by atoms with Gasteiger partial charge in [-0.15, -0.1) is 10.2 Å². The largest absolute Gasteiger partial charge is 0.497 e. The van der Waals surface area contributed by atoms with E-state index in [0.29, 0.717) is 29.1 Å². The van der Waals surface area contributed by atoms with Crippen molar-refractivity contribution in [3.05, 3.63) is 48.5 Å². The van der Waals surface area contributed by atoms with Crippen LogP contribution >= 0.6 is 11.8 Å². The van der Waals surface area contributed by atoms with Gasteiger partial charge in [0.25, 0.3) is 5.89 Å². The molecule has 138 valence electrons. The fraction of sp³-hybridized carbons (Fsp3) is 0.222. The van der Waals surface area contributed by atoms with Gasteiger partial charge < -0.3 is 13.7 Å². The summed E-state index contributed by atoms with van der Waals surface area (Å²) in [6.07, 6.45) is 1.62. The standard InChI is InChI=1S/C18H17N5O3S/c1-3-23-16(14-5-4-10-25-14)20-21-18(23)27-11-15-19-17(26-22-15)12-6-8-13(24-2)9-7-12/h4-10H,3,11H2,1-2H3. The van der Waals surface area contributed by atoms with Gasteiger partial charge in [0.15, 0.2) is 22.6 Å². The molecule has 4 aromatic rings. The molecule has 0 unspecified atom stereocenters. The molecule has 0 radical (unpaired) electrons. The van der Waals surface area contributed by atoms with Gasteiger partial charge in [-0.2, -0.15) is 4.98 Å². The second-order valence-electron chi connectivity index (χ2n) is 5.56. The molecule has 1 aromatic carbocycles. The Balaban J connectivity index is 1.47. The van der Waals surface area contributed by atoms with Crippen LogP contribution in [0.3, 0.4) is 0 Å². The second-order valence-corrected chi connectivity index (χ2v) is 6.50. The van der Waals surface area contributed by atoms with E-state index in [1.165, 1.54) is 11.8 Å². The van der Waals surface area contributed by atoms with Gasteiger partial charge in [0, 0.05) is 12.1 Å². The number of rotatable bonds is 7. The Bertz CT molecular complexity index is 1010. The van der Waals surface area contributed by atoms with Crippen molar-refractivity contribution in [2.75, 3.05) is 7.11 Å². The van der Waals surface area contributed by atoms with Crippen LogP contribution in [0.1, 0.15) is 12.7 Å². The maximum absolute atomic E-state index is 5.43. The predicted octanol–water partition coefficient (Wildman–Crippen LogP) is 3.91. The third-order valence-corrected chi connectivity index (χ3v) is 4.87. The lowest BCUT2D eigenvalue weighted by Gasteiger charge is -2.04. The Morgan fingerprint density at radius 1 is 1.15 bits per heavy atom. The Labute approximate surface area is 159 Å². The van der Waals surface area contributed by atoms with Crippen LogP contribution in [0.25, 0.3) is 23.0 Å². The number of ether oxygens (including phenoxy) is 1. The van der Waals surface area contributed by atoms with E-state index in [1.54, 1.807) is 13.4 Å². The van der Waals surface area contributed by atoms with E-state index < -0.39 is 0 Å². The highest BCUT2D eigenvalue weighted by atomic mass is 32.2. The molecule has 27 heavy (non-hydrogen) atoms. The molecular weight excluding hydrogens is 366 g/mol. The van der Waals surface area contributed by atoms with Gasteiger partial charge in [-0.25, -0.2) is 0 Å². The molecule has 0 atom stereocenters. The van der Waals surface area contributed by atoms with Crippen LogP contribution in [0, 0.1) is 0 Å². The lowest BCUT2D eigenvalue weighted by atomic mass is 10.2. The molecule has 0 saturated heterocycles. The second kappa shape index (κ2) is 7.67. The van der Waals surface area contributed by atoms with Crippen molar-refractivity contribution < 1.29 is 13.7 Å². The highest BCUT2D eigenvalue weighted by molar-refractivity contribution is 7.98. The van der Waals surface area contributed by atoms with Crippen LogP contribution in [-0.4, -0.2) is 32.0 Å². The Hall–Kier alpha value is -3.07. The average molecular weight is 383 g/mol. The number of hydrogen-bond acceptors (Lipinski definition) is 8. The Kier molecular flexibility index (Phi) is 4.93. The number of benzene rings is 1. The molecule has 0 aliphatic heterocycles. The molecule has 0 bridgehead atoms. The first-order chi connectivity index (χ1) is 13.3. The molecular formula is C18H17N5O3S. The van der Waals surface area contributed by atoms with Crippen LogP contribution in [0.2, 0.25) is 0 Å². The fourth-order valence-electron chi connectivity index (χ4n) is 2.56. The minimum Gasteiger partial charge on any atom is -0.497 e. The first-order valence-corrected chi connectivity index (χ1v) is 9.34. The van der Waals surface area contributed by atoms with E-state index in [-0.39, 0.29) is 0 Å². The summed E-state index contributed by atoms with van der Waals surface area (Å²) in [7, 11) is 1.63. The number of thioether (sulfide) groups is 1. The topological polar surface area (TPSA) is 92.0 Å². The zero-order valence-electron chi connectivity index (χ0n) is 14.8. The zero-order chi connectivity index (χ0) is 18.6. The van der Waals surface area contributed by atoms with Gasteiger partial charge in [-0.05, 0) is 43.3 Å². The highest BCUT2D eigenvalue weighted by Crippen LogP contribution is 2.27. The SMILES string of the molecule is CCn1c(SCc2noc(-c3ccc(OC)cc3)n2)nnc1-c1ccco1. The van der Waals surface area contributed by atoms with Crippen molar-refractivity contribution in [2.45, 2.75) is 24.4 Å². The van der Waals surface area contributed by atoms with Crippen LogP contribution in [0.5, 0.6) is 5.75 Å². The van der Waals surface area contributed by atoms with E-state index in [1.807, 2.05) is 47.9 Å². The smallest absolute Gasteiger partial charge is 0.257 e. The number of furan rings is 1. The Morgan fingerprint density at radius 3 is 2.70 bits per heavy atom. The minimum absolute atomic E-state index is 0.474. The maximum atomic E-state index is 5.43. The van der Waals surface area contributed by atoms with Gasteiger partial charge in [0.1, 0.15) is 5.75 Å². The van der Waals surface area contributed by atoms with Crippen LogP contribution < -0.4 is 4.74 Å². The molecule has 8 nitrogen and oxygen atoms in total. The van der Waals surface area contributed by atoms with E-state index in [2.05, 4.69) is 20.3 Å². The summed E-state index contributed by atoms with van der Waals surface area (Å²) in [5, 5.41) is 13.3. The molecule has 4 rings (SSSR count). The number of aromatic nitrogens is 5. The molecule has 0 aliphatic carbocycles. The fourth-order valence-corrected chi connectivity index (χ4v) is 3.41. The number of nitrogens with zero attached hydrogens (tertiary/aromatic N) is 5. The first kappa shape index (κ1) is 17.3. The van der Waals surface area contributed by atoms with Crippen molar-refractivity contribution in [3.8, 4) is 28.8 Å². The quantitative estimate of drug-likeness (QED) is 0.444. The monoisotopic (exact) mass is 383 g/mol. The normalized spacial score (nSPS) is 11.0. The van der Waals surface area contributed by atoms with Crippen molar-refractivity contribution in [2.24, 2.45) is 0 Å². The van der Waals surface area contributed by atoms with Crippen molar-refractivity contribution in [1.82, 2.24) is 24.9 Å². The van der Waals surface area contributed by atoms with Gasteiger partial charge in [0.05, 0.1) is 19.1 Å². The molecule has 0 fully saturated rings. The Morgan fingerprint density at radius 2 is 2.00 bits per heavy atom. The minimum atomic E-state index is 0.474. The van der Waals surface area contributed by atoms with Crippen molar-refractivity contribution >= 4 is 11.8 Å².